The number of nitrogens with zero attached hydrogens (tertiary/aromatic N) is 1. The molecule has 1 rings (SSSR count). The average molecular weight is 379 g/mol. The van der Waals surface area contributed by atoms with Gasteiger partial charge in [-0.1, -0.05) is 26.2 Å². The fraction of sp³-hybridized carbons (Fsp3) is 0.667. The normalized spacial score (nSPS) is 12.6. The summed E-state index contributed by atoms with van der Waals surface area (Å²) in [4.78, 5) is 0. The van der Waals surface area contributed by atoms with E-state index in [-0.39, 0.29) is 0 Å². The Balaban J connectivity index is 0.000000477. The summed E-state index contributed by atoms with van der Waals surface area (Å²) >= 11 is 0. The molecule has 0 unspecified atom stereocenters. The van der Waals surface area contributed by atoms with E-state index in [9.17, 15) is 34.9 Å². The summed E-state index contributed by atoms with van der Waals surface area (Å²) in [5, 5.41) is 0. The lowest BCUT2D eigenvalue weighted by molar-refractivity contribution is -0.697. The van der Waals surface area contributed by atoms with Gasteiger partial charge in [0.1, 0.15) is 6.54 Å². The highest BCUT2D eigenvalue weighted by Crippen LogP contribution is 2.43. The van der Waals surface area contributed by atoms with Crippen molar-refractivity contribution in [2.24, 2.45) is 0 Å². The minimum absolute atomic E-state index is 1.17. The van der Waals surface area contributed by atoms with Gasteiger partial charge in [-0.05, 0) is 18.9 Å². The zero-order valence-electron chi connectivity index (χ0n) is 14.1. The van der Waals surface area contributed by atoms with Crippen LogP contribution in [0.5, 0.6) is 0 Å². The van der Waals surface area contributed by atoms with Gasteiger partial charge in [0.2, 0.25) is 0 Å². The van der Waals surface area contributed by atoms with Gasteiger partial charge >= 0.3 is 19.0 Å². The number of aromatic nitrogens is 1. The molecule has 1 aromatic rings. The van der Waals surface area contributed by atoms with E-state index in [0.29, 0.717) is 0 Å². The molecule has 25 heavy (non-hydrogen) atoms. The van der Waals surface area contributed by atoms with Crippen LogP contribution in [0.25, 0.3) is 0 Å². The van der Waals surface area contributed by atoms with E-state index in [0.717, 1.165) is 0 Å². The number of hydrogen-bond acceptors (Lipinski definition) is 0. The van der Waals surface area contributed by atoms with Gasteiger partial charge in [0.15, 0.2) is 12.4 Å². The van der Waals surface area contributed by atoms with Gasteiger partial charge in [-0.25, -0.2) is 13.3 Å². The molecule has 146 valence electrons. The van der Waals surface area contributed by atoms with E-state index < -0.39 is 19.0 Å². The monoisotopic (exact) mass is 379 g/mol. The maximum Gasteiger partial charge on any atom is 0.558 e. The standard InChI is InChI=1S/C13H22N.C2BF8/c1-3-4-5-6-7-10-14-11-8-13(2)9-12-14;4-1(5,2(6,7)8)3(9,10)11/h8-9,11-12H,3-7,10H2,1-2H3;/q+1;-1. The summed E-state index contributed by atoms with van der Waals surface area (Å²) in [5.41, 5.74) is 1.34. The van der Waals surface area contributed by atoms with E-state index in [4.69, 9.17) is 0 Å². The lowest BCUT2D eigenvalue weighted by Gasteiger charge is -2.28. The van der Waals surface area contributed by atoms with Gasteiger partial charge in [0, 0.05) is 18.6 Å². The van der Waals surface area contributed by atoms with Crippen molar-refractivity contribution in [3.8, 4) is 0 Å². The van der Waals surface area contributed by atoms with Gasteiger partial charge in [-0.3, -0.25) is 0 Å². The molecule has 0 saturated carbocycles. The number of halogens is 8. The van der Waals surface area contributed by atoms with E-state index in [1.807, 2.05) is 0 Å². The van der Waals surface area contributed by atoms with Crippen LogP contribution >= 0.6 is 0 Å². The van der Waals surface area contributed by atoms with Gasteiger partial charge in [0.25, 0.3) is 0 Å². The summed E-state index contributed by atoms with van der Waals surface area (Å²) in [7, 11) is 0. The average Bonchev–Trinajstić information content (AvgIpc) is 2.47. The largest absolute Gasteiger partial charge is 0.558 e. The molecule has 1 aromatic heterocycles. The highest BCUT2D eigenvalue weighted by molar-refractivity contribution is 6.61. The Bertz CT molecular complexity index is 466. The molecule has 0 atom stereocenters. The molecule has 0 aliphatic rings. The molecule has 0 N–H and O–H groups in total. The lowest BCUT2D eigenvalue weighted by Crippen LogP contribution is -2.53. The molecule has 1 heterocycles. The Labute approximate surface area is 142 Å². The van der Waals surface area contributed by atoms with Crippen LogP contribution in [0, 0.1) is 6.92 Å². The van der Waals surface area contributed by atoms with Crippen molar-refractivity contribution in [2.75, 3.05) is 0 Å². The Morgan fingerprint density at radius 3 is 1.72 bits per heavy atom. The molecule has 0 bridgehead atoms. The van der Waals surface area contributed by atoms with Gasteiger partial charge < -0.3 is 12.9 Å². The van der Waals surface area contributed by atoms with Crippen molar-refractivity contribution in [3.05, 3.63) is 30.1 Å². The molecule has 10 heteroatoms. The van der Waals surface area contributed by atoms with Gasteiger partial charge in [-0.15, -0.1) is 0 Å². The smallest absolute Gasteiger partial charge is 0.445 e. The molecule has 0 amide bonds. The predicted octanol–water partition coefficient (Wildman–Crippen LogP) is 5.82. The second-order valence-electron chi connectivity index (χ2n) is 5.72. The third kappa shape index (κ3) is 8.53. The van der Waals surface area contributed by atoms with Crippen LogP contribution in [0.1, 0.15) is 44.6 Å². The number of alkyl halides is 5. The maximum absolute atomic E-state index is 11.2. The minimum Gasteiger partial charge on any atom is -0.445 e. The summed E-state index contributed by atoms with van der Waals surface area (Å²) in [6, 6.07) is 4.35. The Morgan fingerprint density at radius 1 is 0.880 bits per heavy atom. The molecule has 0 radical (unpaired) electrons. The van der Waals surface area contributed by atoms with Crippen LogP contribution in [0.3, 0.4) is 0 Å². The van der Waals surface area contributed by atoms with Crippen molar-refractivity contribution in [3.63, 3.8) is 0 Å². The first-order valence-corrected chi connectivity index (χ1v) is 7.92. The second-order valence-corrected chi connectivity index (χ2v) is 5.72. The molecule has 0 fully saturated rings. The van der Waals surface area contributed by atoms with Crippen molar-refractivity contribution >= 4 is 6.98 Å². The van der Waals surface area contributed by atoms with E-state index in [2.05, 4.69) is 42.9 Å². The third-order valence-corrected chi connectivity index (χ3v) is 3.37. The molecular weight excluding hydrogens is 357 g/mol. The Kier molecular flexibility index (Phi) is 9.43. The molecule has 0 saturated heterocycles. The molecule has 0 aliphatic heterocycles. The topological polar surface area (TPSA) is 3.88 Å². The number of hydrogen-bond donors (Lipinski definition) is 0. The first kappa shape index (κ1) is 23.7. The van der Waals surface area contributed by atoms with Crippen LogP contribution in [0.2, 0.25) is 0 Å². The molecule has 0 spiro atoms. The quantitative estimate of drug-likeness (QED) is 0.243. The summed E-state index contributed by atoms with van der Waals surface area (Å²) in [5.74, 6) is -6.56. The van der Waals surface area contributed by atoms with E-state index >= 15 is 0 Å². The van der Waals surface area contributed by atoms with Crippen molar-refractivity contribution in [2.45, 2.75) is 64.5 Å². The number of rotatable bonds is 7. The Hall–Kier alpha value is -1.35. The number of unbranched alkanes of at least 4 members (excludes halogenated alkanes) is 4. The van der Waals surface area contributed by atoms with Crippen LogP contribution in [-0.2, 0) is 6.54 Å². The summed E-state index contributed by atoms with van der Waals surface area (Å²) < 4.78 is 90.1. The van der Waals surface area contributed by atoms with Crippen LogP contribution in [-0.4, -0.2) is 19.0 Å². The molecular formula is C15H22BF8N. The van der Waals surface area contributed by atoms with Crippen molar-refractivity contribution in [1.82, 2.24) is 0 Å². The highest BCUT2D eigenvalue weighted by atomic mass is 19.4. The maximum atomic E-state index is 11.2. The fourth-order valence-electron chi connectivity index (χ4n) is 1.76. The number of pyridine rings is 1. The van der Waals surface area contributed by atoms with Gasteiger partial charge in [0.05, 0.1) is 0 Å². The molecule has 0 aromatic carbocycles. The third-order valence-electron chi connectivity index (χ3n) is 3.37. The summed E-state index contributed by atoms with van der Waals surface area (Å²) in [6.07, 6.45) is 4.59. The first-order chi connectivity index (χ1) is 11.3. The lowest BCUT2D eigenvalue weighted by atomic mass is 9.80. The van der Waals surface area contributed by atoms with Gasteiger partial charge in [-0.2, -0.15) is 13.2 Å². The van der Waals surface area contributed by atoms with Crippen LogP contribution in [0.4, 0.5) is 34.9 Å². The molecule has 0 aliphatic carbocycles. The zero-order valence-corrected chi connectivity index (χ0v) is 14.1. The van der Waals surface area contributed by atoms with Crippen molar-refractivity contribution in [1.29, 1.82) is 0 Å². The van der Waals surface area contributed by atoms with E-state index in [1.165, 1.54) is 44.2 Å². The SMILES string of the molecule is CCCCCCC[n+]1ccc(C)cc1.F[B-](F)(F)C(F)(F)C(F)(F)F. The second kappa shape index (κ2) is 9.96. The predicted molar refractivity (Wildman–Crippen MR) is 80.2 cm³/mol. The fourth-order valence-corrected chi connectivity index (χ4v) is 1.76. The first-order valence-electron chi connectivity index (χ1n) is 7.92. The van der Waals surface area contributed by atoms with Crippen LogP contribution < -0.4 is 4.57 Å². The van der Waals surface area contributed by atoms with E-state index in [1.54, 1.807) is 0 Å². The van der Waals surface area contributed by atoms with Crippen LogP contribution in [0.15, 0.2) is 24.5 Å². The number of aryl methyl sites for hydroxylation is 2. The Morgan fingerprint density at radius 2 is 1.36 bits per heavy atom. The zero-order chi connectivity index (χ0) is 19.7. The highest BCUT2D eigenvalue weighted by Gasteiger charge is 2.69. The summed E-state index contributed by atoms with van der Waals surface area (Å²) in [6.45, 7) is -1.65. The van der Waals surface area contributed by atoms with Crippen molar-refractivity contribution < 1.29 is 39.5 Å². The molecule has 1 nitrogen and oxygen atoms in total. The minimum atomic E-state index is -7.21.